The minimum Gasteiger partial charge on any atom is -0.395 e. The van der Waals surface area contributed by atoms with Crippen molar-refractivity contribution in [2.75, 3.05) is 13.2 Å². The summed E-state index contributed by atoms with van der Waals surface area (Å²) in [6, 6.07) is 0.730. The van der Waals surface area contributed by atoms with Crippen LogP contribution in [0.25, 0.3) is 0 Å². The van der Waals surface area contributed by atoms with Crippen molar-refractivity contribution in [1.82, 2.24) is 5.32 Å². The Balaban J connectivity index is 2.18. The van der Waals surface area contributed by atoms with Crippen LogP contribution in [0, 0.1) is 0 Å². The van der Waals surface area contributed by atoms with Gasteiger partial charge in [0.05, 0.1) is 24.9 Å². The molecule has 0 aromatic carbocycles. The molecular weight excluding hydrogens is 178 g/mol. The fraction of sp³-hybridized carbons (Fsp3) is 1.00. The van der Waals surface area contributed by atoms with Crippen LogP contribution in [-0.4, -0.2) is 36.0 Å². The Labute approximate surface area is 86.8 Å². The zero-order valence-corrected chi connectivity index (χ0v) is 9.55. The van der Waals surface area contributed by atoms with Crippen molar-refractivity contribution in [2.45, 2.75) is 57.7 Å². The fourth-order valence-electron chi connectivity index (χ4n) is 1.17. The van der Waals surface area contributed by atoms with Gasteiger partial charge in [-0.15, -0.1) is 0 Å². The maximum Gasteiger partial charge on any atom is 0.0649 e. The normalized spacial score (nSPS) is 19.7. The molecular formula is C11H23NO2. The molecule has 1 fully saturated rings. The highest BCUT2D eigenvalue weighted by Crippen LogP contribution is 2.20. The number of aliphatic hydroxyl groups is 1. The quantitative estimate of drug-likeness (QED) is 0.652. The van der Waals surface area contributed by atoms with Gasteiger partial charge in [0.25, 0.3) is 0 Å². The lowest BCUT2D eigenvalue weighted by atomic mass is 10.1. The van der Waals surface area contributed by atoms with E-state index in [9.17, 15) is 0 Å². The Hall–Kier alpha value is -0.120. The molecule has 1 unspecified atom stereocenters. The van der Waals surface area contributed by atoms with Crippen LogP contribution >= 0.6 is 0 Å². The Morgan fingerprint density at radius 3 is 2.57 bits per heavy atom. The highest BCUT2D eigenvalue weighted by molar-refractivity contribution is 4.85. The zero-order valence-electron chi connectivity index (χ0n) is 9.55. The van der Waals surface area contributed by atoms with Gasteiger partial charge in [-0.2, -0.15) is 0 Å². The van der Waals surface area contributed by atoms with Crippen LogP contribution in [-0.2, 0) is 4.74 Å². The number of nitrogens with one attached hydrogen (secondary N) is 1. The van der Waals surface area contributed by atoms with Crippen LogP contribution < -0.4 is 5.32 Å². The van der Waals surface area contributed by atoms with Crippen molar-refractivity contribution < 1.29 is 9.84 Å². The molecule has 0 saturated heterocycles. The first kappa shape index (κ1) is 12.0. The summed E-state index contributed by atoms with van der Waals surface area (Å²) < 4.78 is 5.74. The van der Waals surface area contributed by atoms with E-state index >= 15 is 0 Å². The van der Waals surface area contributed by atoms with Gasteiger partial charge in [-0.25, -0.2) is 0 Å². The second-order valence-corrected chi connectivity index (χ2v) is 4.74. The number of aliphatic hydroxyl groups excluding tert-OH is 1. The average Bonchev–Trinajstić information content (AvgIpc) is 2.96. The molecule has 0 aliphatic heterocycles. The lowest BCUT2D eigenvalue weighted by molar-refractivity contribution is -0.0365. The van der Waals surface area contributed by atoms with Gasteiger partial charge in [-0.1, -0.05) is 6.92 Å². The zero-order chi connectivity index (χ0) is 10.6. The maximum absolute atomic E-state index is 9.13. The van der Waals surface area contributed by atoms with Crippen molar-refractivity contribution in [1.29, 1.82) is 0 Å². The number of hydrogen-bond donors (Lipinski definition) is 2. The molecule has 0 aromatic rings. The number of hydrogen-bond acceptors (Lipinski definition) is 3. The standard InChI is InChI=1S/C11H23NO2/c1-4-11(2,3)14-8-10(7-13)12-9-5-6-9/h9-10,12-13H,4-8H2,1-3H3. The summed E-state index contributed by atoms with van der Waals surface area (Å²) in [6.45, 7) is 7.05. The molecule has 1 rings (SSSR count). The molecule has 2 N–H and O–H groups in total. The topological polar surface area (TPSA) is 41.5 Å². The van der Waals surface area contributed by atoms with Crippen molar-refractivity contribution in [3.63, 3.8) is 0 Å². The molecule has 1 aliphatic rings. The molecule has 0 spiro atoms. The molecule has 14 heavy (non-hydrogen) atoms. The molecule has 1 saturated carbocycles. The third-order valence-corrected chi connectivity index (χ3v) is 2.80. The van der Waals surface area contributed by atoms with E-state index in [2.05, 4.69) is 26.1 Å². The second-order valence-electron chi connectivity index (χ2n) is 4.74. The van der Waals surface area contributed by atoms with Gasteiger partial charge in [-0.05, 0) is 33.1 Å². The maximum atomic E-state index is 9.13. The van der Waals surface area contributed by atoms with Crippen LogP contribution in [0.1, 0.15) is 40.0 Å². The Morgan fingerprint density at radius 2 is 2.14 bits per heavy atom. The van der Waals surface area contributed by atoms with Crippen LogP contribution in [0.3, 0.4) is 0 Å². The average molecular weight is 201 g/mol. The van der Waals surface area contributed by atoms with Gasteiger partial charge in [0, 0.05) is 6.04 Å². The SMILES string of the molecule is CCC(C)(C)OCC(CO)NC1CC1. The van der Waals surface area contributed by atoms with Gasteiger partial charge in [-0.3, -0.25) is 0 Å². The van der Waals surface area contributed by atoms with E-state index < -0.39 is 0 Å². The van der Waals surface area contributed by atoms with Gasteiger partial charge in [0.2, 0.25) is 0 Å². The first-order valence-corrected chi connectivity index (χ1v) is 5.58. The molecule has 0 bridgehead atoms. The first-order valence-electron chi connectivity index (χ1n) is 5.58. The molecule has 84 valence electrons. The van der Waals surface area contributed by atoms with Gasteiger partial charge >= 0.3 is 0 Å². The van der Waals surface area contributed by atoms with E-state index in [1.54, 1.807) is 0 Å². The van der Waals surface area contributed by atoms with Crippen LogP contribution in [0.4, 0.5) is 0 Å². The lowest BCUT2D eigenvalue weighted by Gasteiger charge is -2.26. The summed E-state index contributed by atoms with van der Waals surface area (Å²) in [6.07, 6.45) is 3.48. The summed E-state index contributed by atoms with van der Waals surface area (Å²) >= 11 is 0. The van der Waals surface area contributed by atoms with Crippen LogP contribution in [0.2, 0.25) is 0 Å². The first-order chi connectivity index (χ1) is 6.57. The third kappa shape index (κ3) is 4.40. The second kappa shape index (κ2) is 5.10. The summed E-state index contributed by atoms with van der Waals surface area (Å²) in [5, 5.41) is 12.5. The third-order valence-electron chi connectivity index (χ3n) is 2.80. The molecule has 0 heterocycles. The predicted molar refractivity (Wildman–Crippen MR) is 57.4 cm³/mol. The molecule has 1 atom stereocenters. The molecule has 0 aromatic heterocycles. The van der Waals surface area contributed by atoms with E-state index in [4.69, 9.17) is 9.84 Å². The number of rotatable bonds is 7. The summed E-state index contributed by atoms with van der Waals surface area (Å²) in [7, 11) is 0. The minimum absolute atomic E-state index is 0.0708. The summed E-state index contributed by atoms with van der Waals surface area (Å²) in [4.78, 5) is 0. The van der Waals surface area contributed by atoms with E-state index in [0.29, 0.717) is 12.6 Å². The van der Waals surface area contributed by atoms with Gasteiger partial charge < -0.3 is 15.2 Å². The van der Waals surface area contributed by atoms with E-state index in [-0.39, 0.29) is 18.2 Å². The Morgan fingerprint density at radius 1 is 1.50 bits per heavy atom. The van der Waals surface area contributed by atoms with E-state index in [1.807, 2.05) is 0 Å². The highest BCUT2D eigenvalue weighted by Gasteiger charge is 2.25. The fourth-order valence-corrected chi connectivity index (χ4v) is 1.17. The van der Waals surface area contributed by atoms with Crippen molar-refractivity contribution >= 4 is 0 Å². The minimum atomic E-state index is -0.0708. The van der Waals surface area contributed by atoms with Gasteiger partial charge in [0.15, 0.2) is 0 Å². The smallest absolute Gasteiger partial charge is 0.0649 e. The van der Waals surface area contributed by atoms with Crippen molar-refractivity contribution in [3.8, 4) is 0 Å². The van der Waals surface area contributed by atoms with Gasteiger partial charge in [0.1, 0.15) is 0 Å². The molecule has 3 nitrogen and oxygen atoms in total. The number of ether oxygens (including phenoxy) is 1. The predicted octanol–water partition coefficient (Wildman–Crippen LogP) is 1.30. The molecule has 0 amide bonds. The Kier molecular flexibility index (Phi) is 4.35. The lowest BCUT2D eigenvalue weighted by Crippen LogP contribution is -2.40. The van der Waals surface area contributed by atoms with E-state index in [1.165, 1.54) is 12.8 Å². The van der Waals surface area contributed by atoms with Crippen LogP contribution in [0.15, 0.2) is 0 Å². The molecule has 0 radical (unpaired) electrons. The summed E-state index contributed by atoms with van der Waals surface area (Å²) in [5.41, 5.74) is -0.0708. The molecule has 3 heteroatoms. The van der Waals surface area contributed by atoms with Crippen LogP contribution in [0.5, 0.6) is 0 Å². The molecule has 1 aliphatic carbocycles. The largest absolute Gasteiger partial charge is 0.395 e. The Bertz CT molecular complexity index is 167. The monoisotopic (exact) mass is 201 g/mol. The van der Waals surface area contributed by atoms with E-state index in [0.717, 1.165) is 6.42 Å². The van der Waals surface area contributed by atoms with Crippen molar-refractivity contribution in [3.05, 3.63) is 0 Å². The summed E-state index contributed by atoms with van der Waals surface area (Å²) in [5.74, 6) is 0. The highest BCUT2D eigenvalue weighted by atomic mass is 16.5. The van der Waals surface area contributed by atoms with Crippen molar-refractivity contribution in [2.24, 2.45) is 0 Å².